The van der Waals surface area contributed by atoms with E-state index in [-0.39, 0.29) is 15.6 Å². The minimum absolute atomic E-state index is 0.0708. The van der Waals surface area contributed by atoms with E-state index >= 15 is 0 Å². The molecule has 0 saturated heterocycles. The van der Waals surface area contributed by atoms with Crippen molar-refractivity contribution in [3.63, 3.8) is 0 Å². The van der Waals surface area contributed by atoms with Gasteiger partial charge in [-0.15, -0.1) is 0 Å². The fourth-order valence-electron chi connectivity index (χ4n) is 2.52. The summed E-state index contributed by atoms with van der Waals surface area (Å²) in [4.78, 5) is 26.1. The van der Waals surface area contributed by atoms with Crippen LogP contribution in [0.1, 0.15) is 5.56 Å². The third-order valence-electron chi connectivity index (χ3n) is 3.84. The molecule has 3 rings (SSSR count). The first-order chi connectivity index (χ1) is 12.2. The minimum atomic E-state index is -3.82. The van der Waals surface area contributed by atoms with Crippen molar-refractivity contribution in [1.82, 2.24) is 0 Å². The van der Waals surface area contributed by atoms with Crippen LogP contribution in [-0.2, 0) is 19.6 Å². The number of imide groups is 1. The second-order valence-electron chi connectivity index (χ2n) is 5.62. The number of primary sulfonamides is 1. The number of carbonyl (C=O) groups is 2. The highest BCUT2D eigenvalue weighted by Crippen LogP contribution is 2.31. The van der Waals surface area contributed by atoms with Gasteiger partial charge in [0.1, 0.15) is 10.7 Å². The number of rotatable bonds is 4. The van der Waals surface area contributed by atoms with Gasteiger partial charge in [0.2, 0.25) is 10.0 Å². The third kappa shape index (κ3) is 3.22. The molecule has 0 spiro atoms. The van der Waals surface area contributed by atoms with Gasteiger partial charge in [-0.3, -0.25) is 9.59 Å². The summed E-state index contributed by atoms with van der Waals surface area (Å²) in [7, 11) is -3.82. The van der Waals surface area contributed by atoms with Crippen LogP contribution >= 0.6 is 11.6 Å². The van der Waals surface area contributed by atoms with Crippen LogP contribution in [0.2, 0.25) is 0 Å². The topological polar surface area (TPSA) is 110 Å². The van der Waals surface area contributed by atoms with Crippen LogP contribution in [0.3, 0.4) is 0 Å². The Morgan fingerprint density at radius 3 is 2.19 bits per heavy atom. The summed E-state index contributed by atoms with van der Waals surface area (Å²) in [5.41, 5.74) is 1.50. The van der Waals surface area contributed by atoms with Crippen LogP contribution in [0.25, 0.3) is 0 Å². The Labute approximate surface area is 155 Å². The average Bonchev–Trinajstić information content (AvgIpc) is 2.79. The zero-order valence-electron chi connectivity index (χ0n) is 13.6. The standard InChI is InChI=1S/C17H14ClN3O4S/c1-10-4-2-3-5-13(10)21-16(22)14(18)15(17(21)23)20-11-6-8-12(9-7-11)26(19,24)25/h2-9,20H,1H3,(H2,19,24,25). The molecule has 134 valence electrons. The van der Waals surface area contributed by atoms with Crippen molar-refractivity contribution in [1.29, 1.82) is 0 Å². The van der Waals surface area contributed by atoms with E-state index in [9.17, 15) is 18.0 Å². The minimum Gasteiger partial charge on any atom is -0.350 e. The van der Waals surface area contributed by atoms with Crippen LogP contribution in [-0.4, -0.2) is 20.2 Å². The van der Waals surface area contributed by atoms with Crippen molar-refractivity contribution in [2.75, 3.05) is 10.2 Å². The quantitative estimate of drug-likeness (QED) is 0.775. The Balaban J connectivity index is 1.90. The van der Waals surface area contributed by atoms with Crippen molar-refractivity contribution >= 4 is 44.8 Å². The smallest absolute Gasteiger partial charge is 0.283 e. The number of amides is 2. The van der Waals surface area contributed by atoms with E-state index < -0.39 is 21.8 Å². The molecule has 3 N–H and O–H groups in total. The molecular weight excluding hydrogens is 378 g/mol. The predicted molar refractivity (Wildman–Crippen MR) is 98.0 cm³/mol. The van der Waals surface area contributed by atoms with Crippen molar-refractivity contribution in [2.24, 2.45) is 5.14 Å². The van der Waals surface area contributed by atoms with Gasteiger partial charge >= 0.3 is 0 Å². The lowest BCUT2D eigenvalue weighted by Gasteiger charge is -2.17. The molecule has 2 aromatic rings. The Kier molecular flexibility index (Phi) is 4.57. The van der Waals surface area contributed by atoms with Gasteiger partial charge in [-0.2, -0.15) is 0 Å². The van der Waals surface area contributed by atoms with Gasteiger partial charge in [-0.1, -0.05) is 29.8 Å². The summed E-state index contributed by atoms with van der Waals surface area (Å²) in [5.74, 6) is -1.22. The number of carbonyl (C=O) groups excluding carboxylic acids is 2. The molecule has 0 radical (unpaired) electrons. The maximum absolute atomic E-state index is 12.7. The normalized spacial score (nSPS) is 15.0. The average molecular weight is 392 g/mol. The molecule has 2 aromatic carbocycles. The number of hydrogen-bond donors (Lipinski definition) is 2. The summed E-state index contributed by atoms with van der Waals surface area (Å²) in [6.07, 6.45) is 0. The number of sulfonamides is 1. The number of halogens is 1. The van der Waals surface area contributed by atoms with Crippen molar-refractivity contribution in [3.05, 3.63) is 64.8 Å². The van der Waals surface area contributed by atoms with Crippen LogP contribution < -0.4 is 15.4 Å². The van der Waals surface area contributed by atoms with Gasteiger partial charge in [0.15, 0.2) is 0 Å². The molecule has 0 aliphatic carbocycles. The molecule has 0 unspecified atom stereocenters. The first-order valence-corrected chi connectivity index (χ1v) is 9.36. The number of benzene rings is 2. The maximum Gasteiger partial charge on any atom is 0.283 e. The third-order valence-corrected chi connectivity index (χ3v) is 5.12. The number of nitrogens with two attached hydrogens (primary N) is 1. The van der Waals surface area contributed by atoms with E-state index in [1.807, 2.05) is 0 Å². The lowest BCUT2D eigenvalue weighted by atomic mass is 10.2. The second-order valence-corrected chi connectivity index (χ2v) is 7.55. The SMILES string of the molecule is Cc1ccccc1N1C(=O)C(Cl)=C(Nc2ccc(S(N)(=O)=O)cc2)C1=O. The van der Waals surface area contributed by atoms with Gasteiger partial charge in [-0.05, 0) is 42.8 Å². The highest BCUT2D eigenvalue weighted by molar-refractivity contribution is 7.89. The Morgan fingerprint density at radius 1 is 1.00 bits per heavy atom. The summed E-state index contributed by atoms with van der Waals surface area (Å²) in [6, 6.07) is 12.4. The molecule has 1 aliphatic rings. The van der Waals surface area contributed by atoms with E-state index in [0.717, 1.165) is 10.5 Å². The fourth-order valence-corrected chi connectivity index (χ4v) is 3.24. The molecular formula is C17H14ClN3O4S. The zero-order chi connectivity index (χ0) is 19.1. The van der Waals surface area contributed by atoms with Crippen LogP contribution in [0, 0.1) is 6.92 Å². The van der Waals surface area contributed by atoms with Crippen molar-refractivity contribution < 1.29 is 18.0 Å². The molecule has 0 atom stereocenters. The summed E-state index contributed by atoms with van der Waals surface area (Å²) in [5, 5.41) is 7.57. The summed E-state index contributed by atoms with van der Waals surface area (Å²) >= 11 is 6.06. The molecule has 9 heteroatoms. The zero-order valence-corrected chi connectivity index (χ0v) is 15.1. The number of anilines is 2. The van der Waals surface area contributed by atoms with Gasteiger partial charge in [0.05, 0.1) is 10.6 Å². The fraction of sp³-hybridized carbons (Fsp3) is 0.0588. The van der Waals surface area contributed by atoms with Gasteiger partial charge in [0.25, 0.3) is 11.8 Å². The highest BCUT2D eigenvalue weighted by atomic mass is 35.5. The number of hydrogen-bond acceptors (Lipinski definition) is 5. The number of aryl methyl sites for hydroxylation is 1. The Hall–Kier alpha value is -2.68. The molecule has 0 fully saturated rings. The van der Waals surface area contributed by atoms with Gasteiger partial charge in [0, 0.05) is 5.69 Å². The molecule has 0 saturated carbocycles. The molecule has 7 nitrogen and oxygen atoms in total. The number of para-hydroxylation sites is 1. The molecule has 1 heterocycles. The lowest BCUT2D eigenvalue weighted by molar-refractivity contribution is -0.120. The van der Waals surface area contributed by atoms with Crippen LogP contribution in [0.5, 0.6) is 0 Å². The Morgan fingerprint density at radius 2 is 1.62 bits per heavy atom. The van der Waals surface area contributed by atoms with E-state index in [0.29, 0.717) is 11.4 Å². The van der Waals surface area contributed by atoms with Crippen LogP contribution in [0.15, 0.2) is 64.2 Å². The monoisotopic (exact) mass is 391 g/mol. The molecule has 2 amide bonds. The molecule has 0 aromatic heterocycles. The maximum atomic E-state index is 12.7. The molecule has 1 aliphatic heterocycles. The van der Waals surface area contributed by atoms with Crippen LogP contribution in [0.4, 0.5) is 11.4 Å². The van der Waals surface area contributed by atoms with E-state index in [4.69, 9.17) is 16.7 Å². The predicted octanol–water partition coefficient (Wildman–Crippen LogP) is 2.08. The summed E-state index contributed by atoms with van der Waals surface area (Å²) in [6.45, 7) is 1.78. The van der Waals surface area contributed by atoms with Gasteiger partial charge in [-0.25, -0.2) is 18.5 Å². The highest BCUT2D eigenvalue weighted by Gasteiger charge is 2.39. The first kappa shape index (κ1) is 18.1. The van der Waals surface area contributed by atoms with E-state index in [1.54, 1.807) is 31.2 Å². The number of nitrogens with one attached hydrogen (secondary N) is 1. The molecule has 26 heavy (non-hydrogen) atoms. The number of nitrogens with zero attached hydrogens (tertiary/aromatic N) is 1. The van der Waals surface area contributed by atoms with Gasteiger partial charge < -0.3 is 5.32 Å². The summed E-state index contributed by atoms with van der Waals surface area (Å²) < 4.78 is 22.6. The van der Waals surface area contributed by atoms with E-state index in [2.05, 4.69) is 5.32 Å². The Bertz CT molecular complexity index is 1050. The van der Waals surface area contributed by atoms with Crippen molar-refractivity contribution in [3.8, 4) is 0 Å². The molecule has 0 bridgehead atoms. The lowest BCUT2D eigenvalue weighted by Crippen LogP contribution is -2.32. The largest absolute Gasteiger partial charge is 0.350 e. The first-order valence-electron chi connectivity index (χ1n) is 7.44. The van der Waals surface area contributed by atoms with E-state index in [1.165, 1.54) is 24.3 Å². The second kappa shape index (κ2) is 6.56. The van der Waals surface area contributed by atoms with Crippen molar-refractivity contribution in [2.45, 2.75) is 11.8 Å².